The highest BCUT2D eigenvalue weighted by Gasteiger charge is 2.51. The Balaban J connectivity index is 1.40. The van der Waals surface area contributed by atoms with Crippen molar-refractivity contribution in [2.75, 3.05) is 13.7 Å². The first-order chi connectivity index (χ1) is 22.9. The lowest BCUT2D eigenvalue weighted by molar-refractivity contribution is -0.337. The van der Waals surface area contributed by atoms with Gasteiger partial charge in [-0.05, 0) is 47.6 Å². The second kappa shape index (κ2) is 16.9. The van der Waals surface area contributed by atoms with Crippen LogP contribution in [-0.4, -0.2) is 68.8 Å². The smallest absolute Gasteiger partial charge is 0.338 e. The van der Waals surface area contributed by atoms with Crippen molar-refractivity contribution >= 4 is 5.97 Å². The molecule has 2 heterocycles. The normalized spacial score (nSPS) is 30.6. The monoisotopic (exact) mass is 645 g/mol. The van der Waals surface area contributed by atoms with E-state index in [1.54, 1.807) is 24.3 Å². The molecule has 5 rings (SSSR count). The number of methoxy groups -OCH3 is 1. The lowest BCUT2D eigenvalue weighted by Crippen LogP contribution is -2.62. The summed E-state index contributed by atoms with van der Waals surface area (Å²) in [5.74, 6) is -0.651. The van der Waals surface area contributed by atoms with Crippen molar-refractivity contribution < 1.29 is 38.0 Å². The van der Waals surface area contributed by atoms with Crippen molar-refractivity contribution in [3.05, 3.63) is 118 Å². The van der Waals surface area contributed by atoms with E-state index >= 15 is 0 Å². The molecule has 10 atom stereocenters. The van der Waals surface area contributed by atoms with Gasteiger partial charge in [0.2, 0.25) is 0 Å². The zero-order chi connectivity index (χ0) is 33.2. The molecule has 2 aliphatic heterocycles. The van der Waals surface area contributed by atoms with Gasteiger partial charge in [-0.2, -0.15) is 0 Å². The van der Waals surface area contributed by atoms with Crippen molar-refractivity contribution in [1.29, 1.82) is 0 Å². The summed E-state index contributed by atoms with van der Waals surface area (Å²) in [6.07, 6.45) is -5.44. The van der Waals surface area contributed by atoms with Gasteiger partial charge in [0.15, 0.2) is 18.7 Å². The van der Waals surface area contributed by atoms with E-state index in [9.17, 15) is 10.3 Å². The maximum atomic E-state index is 13.3. The fraction of sp³-hybridized carbons (Fsp3) is 0.472. The minimum atomic E-state index is -1.000. The van der Waals surface area contributed by atoms with Gasteiger partial charge in [0.25, 0.3) is 0 Å². The minimum absolute atomic E-state index is 0.00345. The van der Waals surface area contributed by atoms with Crippen LogP contribution in [0, 0.1) is 11.8 Å². The summed E-state index contributed by atoms with van der Waals surface area (Å²) >= 11 is 0. The number of nitrogens with zero attached hydrogens (tertiary/aromatic N) is 3. The number of esters is 1. The Hall–Kier alpha value is -3.80. The molecule has 250 valence electrons. The number of carbonyl (C=O) groups excluding carboxylic acids is 1. The highest BCUT2D eigenvalue weighted by atomic mass is 16.7. The lowest BCUT2D eigenvalue weighted by Gasteiger charge is -2.48. The fourth-order valence-corrected chi connectivity index (χ4v) is 6.02. The summed E-state index contributed by atoms with van der Waals surface area (Å²) in [6, 6.07) is 27.6. The Morgan fingerprint density at radius 2 is 1.40 bits per heavy atom. The average Bonchev–Trinajstić information content (AvgIpc) is 3.10. The lowest BCUT2D eigenvalue weighted by atomic mass is 9.82. The van der Waals surface area contributed by atoms with Crippen LogP contribution >= 0.6 is 0 Å². The molecule has 4 unspecified atom stereocenters. The van der Waals surface area contributed by atoms with E-state index < -0.39 is 49.0 Å². The molecule has 0 amide bonds. The molecule has 0 aliphatic carbocycles. The van der Waals surface area contributed by atoms with E-state index in [2.05, 4.69) is 16.9 Å². The van der Waals surface area contributed by atoms with E-state index in [1.165, 1.54) is 7.11 Å². The number of rotatable bonds is 13. The predicted molar refractivity (Wildman–Crippen MR) is 173 cm³/mol. The number of ether oxygens (including phenoxy) is 7. The number of hydrogen-bond donors (Lipinski definition) is 0. The van der Waals surface area contributed by atoms with Crippen LogP contribution in [0.1, 0.15) is 42.3 Å². The molecule has 47 heavy (non-hydrogen) atoms. The van der Waals surface area contributed by atoms with Crippen molar-refractivity contribution in [3.8, 4) is 0 Å². The summed E-state index contributed by atoms with van der Waals surface area (Å²) in [4.78, 5) is 16.4. The molecule has 3 aromatic rings. The molecule has 2 aliphatic rings. The average molecular weight is 646 g/mol. The first-order valence-electron chi connectivity index (χ1n) is 16.0. The molecule has 0 N–H and O–H groups in total. The predicted octanol–water partition coefficient (Wildman–Crippen LogP) is 6.47. The van der Waals surface area contributed by atoms with Gasteiger partial charge in [-0.25, -0.2) is 4.79 Å². The molecule has 0 bridgehead atoms. The Morgan fingerprint density at radius 1 is 0.787 bits per heavy atom. The van der Waals surface area contributed by atoms with Gasteiger partial charge in [0.1, 0.15) is 12.2 Å². The van der Waals surface area contributed by atoms with Crippen LogP contribution in [0.25, 0.3) is 10.4 Å². The van der Waals surface area contributed by atoms with Crippen LogP contribution in [0.3, 0.4) is 0 Å². The van der Waals surface area contributed by atoms with Crippen molar-refractivity contribution in [2.24, 2.45) is 17.0 Å². The second-order valence-electron chi connectivity index (χ2n) is 12.0. The molecule has 2 fully saturated rings. The van der Waals surface area contributed by atoms with E-state index in [0.29, 0.717) is 18.8 Å². The van der Waals surface area contributed by atoms with Crippen LogP contribution in [0.5, 0.6) is 0 Å². The maximum Gasteiger partial charge on any atom is 0.338 e. The first-order valence-corrected chi connectivity index (χ1v) is 16.0. The molecule has 11 heteroatoms. The third-order valence-electron chi connectivity index (χ3n) is 8.91. The standard InChI is InChI=1S/C36H43N3O8/c1-23-24(2)30(38-39-37)35(45-29(23)22-42-20-26-14-8-5-9-15-26)47-31-25(3)44-36(41-4)33(46-34(40)28-18-12-7-13-19-28)32(31)43-21-27-16-10-6-11-17-27/h5-19,23-25,29-33,35-36H,20-22H2,1-4H3/t23-,24+,25+,29?,30?,31-,32?,33?,35+,36+/m1/s1. The molecular weight excluding hydrogens is 602 g/mol. The van der Waals surface area contributed by atoms with E-state index in [1.807, 2.05) is 80.6 Å². The number of benzene rings is 3. The fourth-order valence-electron chi connectivity index (χ4n) is 6.02. The minimum Gasteiger partial charge on any atom is -0.450 e. The van der Waals surface area contributed by atoms with E-state index in [0.717, 1.165) is 11.1 Å². The topological polar surface area (TPSA) is 130 Å². The Labute approximate surface area is 275 Å². The van der Waals surface area contributed by atoms with Gasteiger partial charge in [0.05, 0.1) is 43.6 Å². The second-order valence-corrected chi connectivity index (χ2v) is 12.0. The highest BCUT2D eigenvalue weighted by Crippen LogP contribution is 2.37. The first kappa shape index (κ1) is 34.5. The van der Waals surface area contributed by atoms with E-state index in [-0.39, 0.29) is 24.5 Å². The third kappa shape index (κ3) is 8.77. The Kier molecular flexibility index (Phi) is 12.4. The van der Waals surface area contributed by atoms with Crippen molar-refractivity contribution in [3.63, 3.8) is 0 Å². The summed E-state index contributed by atoms with van der Waals surface area (Å²) in [6.45, 7) is 6.87. The molecule has 3 aromatic carbocycles. The Morgan fingerprint density at radius 3 is 2.02 bits per heavy atom. The zero-order valence-corrected chi connectivity index (χ0v) is 27.2. The summed E-state index contributed by atoms with van der Waals surface area (Å²) in [5, 5.41) is 4.10. The third-order valence-corrected chi connectivity index (χ3v) is 8.91. The van der Waals surface area contributed by atoms with Gasteiger partial charge in [0, 0.05) is 12.0 Å². The number of azide groups is 1. The summed E-state index contributed by atoms with van der Waals surface area (Å²) < 4.78 is 43.7. The Bertz CT molecular complexity index is 1440. The summed E-state index contributed by atoms with van der Waals surface area (Å²) in [7, 11) is 1.49. The van der Waals surface area contributed by atoms with Crippen LogP contribution in [0.15, 0.2) is 96.1 Å². The molecule has 0 radical (unpaired) electrons. The van der Waals surface area contributed by atoms with Gasteiger partial charge in [-0.1, -0.05) is 97.8 Å². The van der Waals surface area contributed by atoms with Gasteiger partial charge < -0.3 is 33.2 Å². The molecule has 11 nitrogen and oxygen atoms in total. The van der Waals surface area contributed by atoms with Crippen LogP contribution < -0.4 is 0 Å². The molecule has 0 saturated carbocycles. The van der Waals surface area contributed by atoms with Crippen LogP contribution in [0.2, 0.25) is 0 Å². The van der Waals surface area contributed by atoms with Gasteiger partial charge in [-0.15, -0.1) is 0 Å². The van der Waals surface area contributed by atoms with Crippen LogP contribution in [-0.2, 0) is 46.4 Å². The van der Waals surface area contributed by atoms with Crippen molar-refractivity contribution in [1.82, 2.24) is 0 Å². The number of hydrogen-bond acceptors (Lipinski definition) is 9. The number of carbonyl (C=O) groups is 1. The highest BCUT2D eigenvalue weighted by molar-refractivity contribution is 5.89. The maximum absolute atomic E-state index is 13.3. The zero-order valence-electron chi connectivity index (χ0n) is 27.2. The molecule has 0 spiro atoms. The van der Waals surface area contributed by atoms with E-state index in [4.69, 9.17) is 33.2 Å². The van der Waals surface area contributed by atoms with Crippen molar-refractivity contribution in [2.45, 2.75) is 83.1 Å². The quantitative estimate of drug-likeness (QED) is 0.0895. The largest absolute Gasteiger partial charge is 0.450 e. The SMILES string of the molecule is CO[C@H]1O[C@@H](C)[C@@H](O[C@@H]2OC(COCc3ccccc3)[C@H](C)[C@H](C)C2N=[N+]=[N-])C(OCc2ccccc2)C1OC(=O)c1ccccc1. The molecule has 2 saturated heterocycles. The van der Waals surface area contributed by atoms with Crippen LogP contribution in [0.4, 0.5) is 0 Å². The molecule has 0 aromatic heterocycles. The molecular formula is C36H43N3O8. The summed E-state index contributed by atoms with van der Waals surface area (Å²) in [5.41, 5.74) is 11.9. The van der Waals surface area contributed by atoms with Gasteiger partial charge in [-0.3, -0.25) is 0 Å². The van der Waals surface area contributed by atoms with Gasteiger partial charge >= 0.3 is 5.97 Å².